The number of hydrogen-bond acceptors (Lipinski definition) is 6. The van der Waals surface area contributed by atoms with Crippen molar-refractivity contribution in [3.63, 3.8) is 0 Å². The number of carbonyl (C=O) groups is 1. The highest BCUT2D eigenvalue weighted by atomic mass is 16.5. The Kier molecular flexibility index (Phi) is 3.86. The van der Waals surface area contributed by atoms with Crippen LogP contribution in [-0.2, 0) is 6.54 Å². The fourth-order valence-electron chi connectivity index (χ4n) is 2.16. The molecule has 0 bridgehead atoms. The van der Waals surface area contributed by atoms with E-state index in [1.165, 1.54) is 7.05 Å². The normalized spacial score (nSPS) is 28.3. The van der Waals surface area contributed by atoms with Crippen LogP contribution in [0, 0.1) is 5.92 Å². The molecular formula is C12H20N4O3. The molecule has 19 heavy (non-hydrogen) atoms. The molecule has 106 valence electrons. The predicted molar refractivity (Wildman–Crippen MR) is 67.4 cm³/mol. The van der Waals surface area contributed by atoms with Gasteiger partial charge in [-0.15, -0.1) is 0 Å². The Morgan fingerprint density at radius 1 is 1.68 bits per heavy atom. The second kappa shape index (κ2) is 5.26. The van der Waals surface area contributed by atoms with Gasteiger partial charge >= 0.3 is 0 Å². The van der Waals surface area contributed by atoms with E-state index < -0.39 is 5.60 Å². The van der Waals surface area contributed by atoms with Crippen LogP contribution in [0.1, 0.15) is 36.8 Å². The number of likely N-dealkylation sites (tertiary alicyclic amines) is 1. The van der Waals surface area contributed by atoms with Crippen LogP contribution in [0.15, 0.2) is 4.52 Å². The zero-order valence-corrected chi connectivity index (χ0v) is 11.5. The van der Waals surface area contributed by atoms with E-state index in [1.807, 2.05) is 13.8 Å². The van der Waals surface area contributed by atoms with Crippen molar-refractivity contribution in [2.45, 2.75) is 32.4 Å². The quantitative estimate of drug-likeness (QED) is 0.803. The highest BCUT2D eigenvalue weighted by molar-refractivity contribution is 5.89. The van der Waals surface area contributed by atoms with E-state index in [0.29, 0.717) is 18.9 Å². The smallest absolute Gasteiger partial charge is 0.292 e. The minimum atomic E-state index is -0.613. The molecule has 0 aliphatic carbocycles. The van der Waals surface area contributed by atoms with E-state index >= 15 is 0 Å². The van der Waals surface area contributed by atoms with Crippen LogP contribution in [0.5, 0.6) is 0 Å². The fourth-order valence-corrected chi connectivity index (χ4v) is 2.16. The third-order valence-electron chi connectivity index (χ3n) is 3.78. The van der Waals surface area contributed by atoms with Gasteiger partial charge in [0.15, 0.2) is 0 Å². The molecule has 1 aromatic heterocycles. The van der Waals surface area contributed by atoms with Crippen LogP contribution < -0.4 is 5.32 Å². The topological polar surface area (TPSA) is 91.5 Å². The number of carbonyl (C=O) groups excluding carboxylic acids is 1. The molecule has 0 spiro atoms. The number of hydrogen-bond donors (Lipinski definition) is 2. The molecule has 2 heterocycles. The van der Waals surface area contributed by atoms with E-state index in [9.17, 15) is 9.90 Å². The molecule has 0 aromatic carbocycles. The average molecular weight is 268 g/mol. The van der Waals surface area contributed by atoms with Gasteiger partial charge in [-0.2, -0.15) is 4.98 Å². The molecule has 0 unspecified atom stereocenters. The van der Waals surface area contributed by atoms with Crippen LogP contribution in [0.4, 0.5) is 0 Å². The van der Waals surface area contributed by atoms with E-state index in [4.69, 9.17) is 4.52 Å². The van der Waals surface area contributed by atoms with E-state index in [-0.39, 0.29) is 17.6 Å². The lowest BCUT2D eigenvalue weighted by Crippen LogP contribution is -2.48. The third-order valence-corrected chi connectivity index (χ3v) is 3.78. The van der Waals surface area contributed by atoms with Crippen molar-refractivity contribution in [2.24, 2.45) is 5.92 Å². The summed E-state index contributed by atoms with van der Waals surface area (Å²) >= 11 is 0. The summed E-state index contributed by atoms with van der Waals surface area (Å²) in [5.41, 5.74) is -0.613. The Hall–Kier alpha value is -1.47. The summed E-state index contributed by atoms with van der Waals surface area (Å²) in [5, 5.41) is 16.2. The largest absolute Gasteiger partial charge is 0.390 e. The van der Waals surface area contributed by atoms with Crippen LogP contribution in [-0.4, -0.2) is 51.8 Å². The van der Waals surface area contributed by atoms with E-state index in [0.717, 1.165) is 13.1 Å². The Morgan fingerprint density at radius 3 is 3.05 bits per heavy atom. The lowest BCUT2D eigenvalue weighted by molar-refractivity contribution is -0.0540. The highest BCUT2D eigenvalue weighted by Gasteiger charge is 2.34. The minimum Gasteiger partial charge on any atom is -0.390 e. The van der Waals surface area contributed by atoms with Gasteiger partial charge in [0.1, 0.15) is 0 Å². The molecule has 2 atom stereocenters. The summed E-state index contributed by atoms with van der Waals surface area (Å²) in [7, 11) is 1.52. The highest BCUT2D eigenvalue weighted by Crippen LogP contribution is 2.27. The number of nitrogens with one attached hydrogen (secondary N) is 1. The Balaban J connectivity index is 1.95. The summed E-state index contributed by atoms with van der Waals surface area (Å²) in [4.78, 5) is 17.5. The Morgan fingerprint density at radius 2 is 2.42 bits per heavy atom. The molecule has 1 amide bonds. The van der Waals surface area contributed by atoms with Gasteiger partial charge in [-0.05, 0) is 19.3 Å². The van der Waals surface area contributed by atoms with Gasteiger partial charge in [0.25, 0.3) is 11.7 Å². The maximum absolute atomic E-state index is 11.3. The van der Waals surface area contributed by atoms with Crippen molar-refractivity contribution in [1.29, 1.82) is 0 Å². The second-order valence-electron chi connectivity index (χ2n) is 5.33. The van der Waals surface area contributed by atoms with Gasteiger partial charge < -0.3 is 14.9 Å². The lowest BCUT2D eigenvalue weighted by Gasteiger charge is -2.40. The summed E-state index contributed by atoms with van der Waals surface area (Å²) in [6, 6.07) is 0. The maximum Gasteiger partial charge on any atom is 0.292 e. The molecule has 1 aromatic rings. The number of piperidine rings is 1. The van der Waals surface area contributed by atoms with Gasteiger partial charge in [-0.1, -0.05) is 12.1 Å². The van der Waals surface area contributed by atoms with Crippen LogP contribution in [0.25, 0.3) is 0 Å². The van der Waals surface area contributed by atoms with Crippen molar-refractivity contribution in [1.82, 2.24) is 20.4 Å². The molecule has 1 aliphatic heterocycles. The van der Waals surface area contributed by atoms with Crippen molar-refractivity contribution >= 4 is 5.91 Å². The summed E-state index contributed by atoms with van der Waals surface area (Å²) in [6.07, 6.45) is 0.713. The first kappa shape index (κ1) is 14.0. The van der Waals surface area contributed by atoms with Gasteiger partial charge in [0, 0.05) is 20.1 Å². The van der Waals surface area contributed by atoms with E-state index in [1.54, 1.807) is 0 Å². The number of aliphatic hydroxyl groups is 1. The first-order chi connectivity index (χ1) is 8.92. The zero-order valence-electron chi connectivity index (χ0n) is 11.5. The third kappa shape index (κ3) is 3.10. The SMILES string of the molecule is CNC(=O)c1noc(CN2CC[C@](C)(O)[C@H](C)C2)n1. The Bertz CT molecular complexity index is 458. The summed E-state index contributed by atoms with van der Waals surface area (Å²) in [5.74, 6) is 0.300. The number of aromatic nitrogens is 2. The summed E-state index contributed by atoms with van der Waals surface area (Å²) < 4.78 is 5.05. The zero-order chi connectivity index (χ0) is 14.0. The molecule has 1 aliphatic rings. The second-order valence-corrected chi connectivity index (χ2v) is 5.33. The fraction of sp³-hybridized carbons (Fsp3) is 0.750. The van der Waals surface area contributed by atoms with Crippen molar-refractivity contribution in [3.05, 3.63) is 11.7 Å². The summed E-state index contributed by atoms with van der Waals surface area (Å²) in [6.45, 7) is 5.94. The molecule has 2 N–H and O–H groups in total. The van der Waals surface area contributed by atoms with Crippen molar-refractivity contribution < 1.29 is 14.4 Å². The first-order valence-electron chi connectivity index (χ1n) is 6.42. The molecule has 0 saturated carbocycles. The van der Waals surface area contributed by atoms with Crippen LogP contribution in [0.2, 0.25) is 0 Å². The van der Waals surface area contributed by atoms with Crippen molar-refractivity contribution in [2.75, 3.05) is 20.1 Å². The van der Waals surface area contributed by atoms with Gasteiger partial charge in [-0.3, -0.25) is 9.69 Å². The lowest BCUT2D eigenvalue weighted by atomic mass is 9.84. The molecule has 1 fully saturated rings. The van der Waals surface area contributed by atoms with Gasteiger partial charge in [0.2, 0.25) is 5.89 Å². The molecule has 1 saturated heterocycles. The number of nitrogens with zero attached hydrogens (tertiary/aromatic N) is 3. The van der Waals surface area contributed by atoms with Crippen LogP contribution in [0.3, 0.4) is 0 Å². The monoisotopic (exact) mass is 268 g/mol. The maximum atomic E-state index is 11.3. The predicted octanol–water partition coefficient (Wildman–Crippen LogP) is 0.0220. The van der Waals surface area contributed by atoms with Crippen molar-refractivity contribution in [3.8, 4) is 0 Å². The number of rotatable bonds is 3. The minimum absolute atomic E-state index is 0.0505. The van der Waals surface area contributed by atoms with Gasteiger partial charge in [0.05, 0.1) is 12.1 Å². The first-order valence-corrected chi connectivity index (χ1v) is 6.42. The molecule has 0 radical (unpaired) electrons. The standard InChI is InChI=1S/C12H20N4O3/c1-8-6-16(5-4-12(8,2)18)7-9-14-10(15-19-9)11(17)13-3/h8,18H,4-7H2,1-3H3,(H,13,17)/t8-,12+/m1/s1. The number of amides is 1. The molecule has 7 nitrogen and oxygen atoms in total. The van der Waals surface area contributed by atoms with Crippen LogP contribution >= 0.6 is 0 Å². The molecule has 7 heteroatoms. The molecular weight excluding hydrogens is 248 g/mol. The Labute approximate surface area is 112 Å². The average Bonchev–Trinajstić information content (AvgIpc) is 2.82. The van der Waals surface area contributed by atoms with Gasteiger partial charge in [-0.25, -0.2) is 0 Å². The molecule has 2 rings (SSSR count). The van der Waals surface area contributed by atoms with E-state index in [2.05, 4.69) is 20.4 Å².